The quantitative estimate of drug-likeness (QED) is 0.774. The van der Waals surface area contributed by atoms with Crippen molar-refractivity contribution in [3.05, 3.63) is 35.1 Å². The number of rotatable bonds is 5. The number of hydrogen-bond donors (Lipinski definition) is 1. The van der Waals surface area contributed by atoms with Crippen LogP contribution >= 0.6 is 23.4 Å². The van der Waals surface area contributed by atoms with Crippen LogP contribution in [0.15, 0.2) is 29.4 Å². The Morgan fingerprint density at radius 3 is 3.00 bits per heavy atom. The molecule has 1 amide bonds. The average Bonchev–Trinajstić information content (AvgIpc) is 3.08. The molecule has 1 fully saturated rings. The molecule has 1 N–H and O–H groups in total. The third kappa shape index (κ3) is 4.53. The third-order valence-electron chi connectivity index (χ3n) is 3.74. The van der Waals surface area contributed by atoms with Crippen LogP contribution in [-0.2, 0) is 14.6 Å². The summed E-state index contributed by atoms with van der Waals surface area (Å²) in [6.45, 7) is 1.80. The summed E-state index contributed by atoms with van der Waals surface area (Å²) in [5, 5.41) is 8.23. The van der Waals surface area contributed by atoms with E-state index in [2.05, 4.69) is 15.4 Å². The van der Waals surface area contributed by atoms with Crippen LogP contribution in [0.3, 0.4) is 0 Å². The first-order valence-electron chi connectivity index (χ1n) is 7.64. The maximum atomic E-state index is 12.2. The predicted octanol–water partition coefficient (Wildman–Crippen LogP) is 2.33. The van der Waals surface area contributed by atoms with E-state index in [-0.39, 0.29) is 29.2 Å². The lowest BCUT2D eigenvalue weighted by atomic mass is 10.3. The fourth-order valence-corrected chi connectivity index (χ4v) is 5.31. The van der Waals surface area contributed by atoms with Crippen molar-refractivity contribution in [1.82, 2.24) is 14.8 Å². The summed E-state index contributed by atoms with van der Waals surface area (Å²) in [6, 6.07) is 4.94. The number of nitrogens with one attached hydrogen (secondary N) is 1. The molecular formula is C15H17ClN4O3S2. The van der Waals surface area contributed by atoms with Crippen LogP contribution in [0.25, 0.3) is 0 Å². The second-order valence-corrected chi connectivity index (χ2v) is 9.40. The van der Waals surface area contributed by atoms with Gasteiger partial charge in [0.2, 0.25) is 5.91 Å². The number of aromatic nitrogens is 3. The zero-order valence-corrected chi connectivity index (χ0v) is 15.9. The van der Waals surface area contributed by atoms with Gasteiger partial charge in [0.25, 0.3) is 0 Å². The van der Waals surface area contributed by atoms with E-state index in [9.17, 15) is 13.2 Å². The van der Waals surface area contributed by atoms with Crippen molar-refractivity contribution in [3.63, 3.8) is 0 Å². The number of hydrogen-bond acceptors (Lipinski definition) is 6. The molecule has 2 aromatic heterocycles. The van der Waals surface area contributed by atoms with Gasteiger partial charge in [-0.3, -0.25) is 4.79 Å². The minimum atomic E-state index is -3.03. The Morgan fingerprint density at radius 1 is 1.52 bits per heavy atom. The van der Waals surface area contributed by atoms with Crippen molar-refractivity contribution >= 4 is 44.9 Å². The normalized spacial score (nSPS) is 19.0. The summed E-state index contributed by atoms with van der Waals surface area (Å²) in [5.74, 6) is 0.628. The summed E-state index contributed by atoms with van der Waals surface area (Å²) in [4.78, 5) is 16.4. The number of anilines is 1. The molecule has 7 nitrogen and oxygen atoms in total. The minimum absolute atomic E-state index is 0.0509. The van der Waals surface area contributed by atoms with E-state index >= 15 is 0 Å². The highest BCUT2D eigenvalue weighted by Gasteiger charge is 2.31. The Kier molecular flexibility index (Phi) is 5.35. The number of amides is 1. The first-order chi connectivity index (χ1) is 11.8. The van der Waals surface area contributed by atoms with Gasteiger partial charge in [-0.1, -0.05) is 23.4 Å². The first-order valence-corrected chi connectivity index (χ1v) is 10.8. The summed E-state index contributed by atoms with van der Waals surface area (Å²) >= 11 is 7.26. The molecule has 1 atom stereocenters. The average molecular weight is 401 g/mol. The second-order valence-electron chi connectivity index (χ2n) is 5.80. The molecule has 1 aliphatic heterocycles. The number of carbonyl (C=O) groups is 1. The Labute approximate surface area is 155 Å². The maximum Gasteiger partial charge on any atom is 0.235 e. The van der Waals surface area contributed by atoms with Crippen LogP contribution in [0.5, 0.6) is 0 Å². The van der Waals surface area contributed by atoms with E-state index in [1.807, 2.05) is 0 Å². The van der Waals surface area contributed by atoms with Crippen molar-refractivity contribution in [1.29, 1.82) is 0 Å². The number of aryl methyl sites for hydroxylation is 1. The molecule has 2 aromatic rings. The number of pyridine rings is 1. The summed E-state index contributed by atoms with van der Waals surface area (Å²) in [5.41, 5.74) is 0.722. The van der Waals surface area contributed by atoms with E-state index in [0.29, 0.717) is 22.3 Å². The molecule has 0 bridgehead atoms. The van der Waals surface area contributed by atoms with Gasteiger partial charge >= 0.3 is 0 Å². The first kappa shape index (κ1) is 18.2. The van der Waals surface area contributed by atoms with Gasteiger partial charge in [0, 0.05) is 12.3 Å². The van der Waals surface area contributed by atoms with Gasteiger partial charge < -0.3 is 5.32 Å². The largest absolute Gasteiger partial charge is 0.310 e. The van der Waals surface area contributed by atoms with Gasteiger partial charge in [0.1, 0.15) is 10.8 Å². The molecule has 0 spiro atoms. The van der Waals surface area contributed by atoms with Crippen molar-refractivity contribution in [2.45, 2.75) is 24.4 Å². The number of halogens is 1. The van der Waals surface area contributed by atoms with Crippen molar-refractivity contribution < 1.29 is 13.2 Å². The van der Waals surface area contributed by atoms with Crippen LogP contribution in [0, 0.1) is 6.92 Å². The highest BCUT2D eigenvalue weighted by molar-refractivity contribution is 8.00. The van der Waals surface area contributed by atoms with Crippen LogP contribution in [-0.4, -0.2) is 46.3 Å². The monoisotopic (exact) mass is 400 g/mol. The Balaban J connectivity index is 1.67. The zero-order chi connectivity index (χ0) is 18.0. The summed E-state index contributed by atoms with van der Waals surface area (Å²) < 4.78 is 25.0. The van der Waals surface area contributed by atoms with Gasteiger partial charge in [0.05, 0.1) is 34.0 Å². The number of nitrogens with zero attached hydrogens (tertiary/aromatic N) is 3. The fourth-order valence-electron chi connectivity index (χ4n) is 2.65. The van der Waals surface area contributed by atoms with Crippen molar-refractivity contribution in [2.24, 2.45) is 0 Å². The Bertz CT molecular complexity index is 898. The second kappa shape index (κ2) is 7.35. The van der Waals surface area contributed by atoms with Gasteiger partial charge in [-0.2, -0.15) is 5.10 Å². The molecule has 1 saturated heterocycles. The Morgan fingerprint density at radius 2 is 2.32 bits per heavy atom. The van der Waals surface area contributed by atoms with Crippen LogP contribution < -0.4 is 5.32 Å². The number of sulfone groups is 1. The zero-order valence-electron chi connectivity index (χ0n) is 13.5. The van der Waals surface area contributed by atoms with Gasteiger partial charge in [-0.15, -0.1) is 0 Å². The topological polar surface area (TPSA) is 94.0 Å². The lowest BCUT2D eigenvalue weighted by molar-refractivity contribution is -0.113. The molecule has 1 aliphatic rings. The molecule has 0 aliphatic carbocycles. The Hall–Kier alpha value is -1.58. The van der Waals surface area contributed by atoms with Gasteiger partial charge in [0.15, 0.2) is 9.84 Å². The molecule has 134 valence electrons. The molecule has 3 heterocycles. The van der Waals surface area contributed by atoms with E-state index in [0.717, 1.165) is 5.69 Å². The summed E-state index contributed by atoms with van der Waals surface area (Å²) in [6.07, 6.45) is 2.12. The number of thioether (sulfide) groups is 1. The van der Waals surface area contributed by atoms with E-state index in [4.69, 9.17) is 11.6 Å². The third-order valence-corrected chi connectivity index (χ3v) is 6.92. The molecule has 0 aromatic carbocycles. The van der Waals surface area contributed by atoms with Crippen molar-refractivity contribution in [2.75, 3.05) is 22.6 Å². The minimum Gasteiger partial charge on any atom is -0.310 e. The van der Waals surface area contributed by atoms with Crippen LogP contribution in [0.1, 0.15) is 18.2 Å². The highest BCUT2D eigenvalue weighted by atomic mass is 35.5. The molecule has 1 unspecified atom stereocenters. The van der Waals surface area contributed by atoms with E-state index in [1.54, 1.807) is 36.0 Å². The molecule has 0 saturated carbocycles. The van der Waals surface area contributed by atoms with Gasteiger partial charge in [-0.25, -0.2) is 18.1 Å². The number of carbonyl (C=O) groups excluding carboxylic acids is 1. The smallest absolute Gasteiger partial charge is 0.235 e. The molecule has 25 heavy (non-hydrogen) atoms. The molecule has 10 heteroatoms. The standard InChI is InChI=1S/C15H17ClN4O3S2/c1-10-7-13(20(19-10)11-4-6-25(22,23)9-11)18-14(21)8-24-15-12(16)3-2-5-17-15/h2-3,5,7,11H,4,6,8-9H2,1H3,(H,18,21). The maximum absolute atomic E-state index is 12.2. The molecular weight excluding hydrogens is 384 g/mol. The predicted molar refractivity (Wildman–Crippen MR) is 97.9 cm³/mol. The van der Waals surface area contributed by atoms with Crippen molar-refractivity contribution in [3.8, 4) is 0 Å². The highest BCUT2D eigenvalue weighted by Crippen LogP contribution is 2.28. The SMILES string of the molecule is Cc1cc(NC(=O)CSc2ncccc2Cl)n(C2CCS(=O)(=O)C2)n1. The van der Waals surface area contributed by atoms with E-state index in [1.165, 1.54) is 11.8 Å². The summed E-state index contributed by atoms with van der Waals surface area (Å²) in [7, 11) is -3.03. The van der Waals surface area contributed by atoms with E-state index < -0.39 is 9.84 Å². The lowest BCUT2D eigenvalue weighted by Crippen LogP contribution is -2.20. The molecule has 0 radical (unpaired) electrons. The van der Waals surface area contributed by atoms with Crippen LogP contribution in [0.2, 0.25) is 5.02 Å². The molecule has 3 rings (SSSR count). The van der Waals surface area contributed by atoms with Crippen LogP contribution in [0.4, 0.5) is 5.82 Å². The van der Waals surface area contributed by atoms with Gasteiger partial charge in [-0.05, 0) is 25.5 Å². The lowest BCUT2D eigenvalue weighted by Gasteiger charge is -2.13. The fraction of sp³-hybridized carbons (Fsp3) is 0.400.